The first kappa shape index (κ1) is 14.2. The quantitative estimate of drug-likeness (QED) is 0.805. The largest absolute Gasteiger partial charge is 0.350 e. The molecule has 2 aliphatic rings. The third kappa shape index (κ3) is 3.27. The highest BCUT2D eigenvalue weighted by atomic mass is 79.9. The molecule has 2 aliphatic carbocycles. The van der Waals surface area contributed by atoms with E-state index in [-0.39, 0.29) is 5.91 Å². The van der Waals surface area contributed by atoms with Crippen LogP contribution in [-0.2, 0) is 6.54 Å². The maximum Gasteiger partial charge on any atom is 0.267 e. The molecule has 0 unspecified atom stereocenters. The van der Waals surface area contributed by atoms with E-state index in [1.54, 1.807) is 0 Å². The van der Waals surface area contributed by atoms with Crippen LogP contribution >= 0.6 is 15.9 Å². The van der Waals surface area contributed by atoms with Crippen LogP contribution in [-0.4, -0.2) is 17.0 Å². The summed E-state index contributed by atoms with van der Waals surface area (Å²) in [7, 11) is 0. The van der Waals surface area contributed by atoms with Crippen LogP contribution in [0.2, 0.25) is 0 Å². The van der Waals surface area contributed by atoms with Crippen molar-refractivity contribution in [2.45, 2.75) is 45.6 Å². The van der Waals surface area contributed by atoms with Crippen LogP contribution < -0.4 is 5.32 Å². The molecular formula is C16H23BrN2O. The second-order valence-electron chi connectivity index (χ2n) is 6.29. The summed E-state index contributed by atoms with van der Waals surface area (Å²) in [6.07, 6.45) is 8.51. The third-order valence-corrected chi connectivity index (χ3v) is 4.95. The van der Waals surface area contributed by atoms with E-state index < -0.39 is 0 Å². The molecule has 2 fully saturated rings. The Morgan fingerprint density at radius 2 is 2.05 bits per heavy atom. The van der Waals surface area contributed by atoms with Gasteiger partial charge < -0.3 is 9.88 Å². The molecule has 1 aromatic heterocycles. The smallest absolute Gasteiger partial charge is 0.267 e. The third-order valence-electron chi connectivity index (χ3n) is 4.51. The van der Waals surface area contributed by atoms with Gasteiger partial charge in [0, 0.05) is 23.8 Å². The molecule has 0 saturated heterocycles. The number of nitrogens with one attached hydrogen (secondary N) is 1. The van der Waals surface area contributed by atoms with Gasteiger partial charge in [-0.3, -0.25) is 4.79 Å². The van der Waals surface area contributed by atoms with Crippen LogP contribution in [0.3, 0.4) is 0 Å². The van der Waals surface area contributed by atoms with Gasteiger partial charge in [-0.05, 0) is 71.9 Å². The minimum Gasteiger partial charge on any atom is -0.350 e. The fraction of sp³-hybridized carbons (Fsp3) is 0.688. The number of aromatic nitrogens is 1. The highest BCUT2D eigenvalue weighted by Crippen LogP contribution is 2.48. The van der Waals surface area contributed by atoms with Crippen molar-refractivity contribution >= 4 is 21.8 Å². The van der Waals surface area contributed by atoms with Crippen LogP contribution in [0.1, 0.15) is 49.5 Å². The first-order valence-corrected chi connectivity index (χ1v) is 8.62. The Bertz CT molecular complexity index is 477. The van der Waals surface area contributed by atoms with Gasteiger partial charge in [0.1, 0.15) is 5.69 Å². The normalized spacial score (nSPS) is 18.6. The molecule has 1 N–H and O–H groups in total. The van der Waals surface area contributed by atoms with Crippen molar-refractivity contribution in [3.8, 4) is 0 Å². The number of carbonyl (C=O) groups is 1. The molecule has 0 bridgehead atoms. The zero-order valence-electron chi connectivity index (χ0n) is 12.1. The number of aryl methyl sites for hydroxylation is 1. The zero-order valence-corrected chi connectivity index (χ0v) is 13.7. The molecule has 1 amide bonds. The van der Waals surface area contributed by atoms with E-state index in [2.05, 4.69) is 28.2 Å². The lowest BCUT2D eigenvalue weighted by atomic mass is 9.98. The summed E-state index contributed by atoms with van der Waals surface area (Å²) in [5.74, 6) is 2.58. The Hall–Kier alpha value is -0.770. The van der Waals surface area contributed by atoms with Crippen molar-refractivity contribution in [3.63, 3.8) is 0 Å². The summed E-state index contributed by atoms with van der Waals surface area (Å²) in [5, 5.41) is 3.17. The molecule has 0 atom stereocenters. The molecule has 0 aliphatic heterocycles. The van der Waals surface area contributed by atoms with Gasteiger partial charge in [0.2, 0.25) is 0 Å². The minimum absolute atomic E-state index is 0.0791. The van der Waals surface area contributed by atoms with Gasteiger partial charge in [-0.1, -0.05) is 6.92 Å². The molecule has 4 heteroatoms. The Balaban J connectivity index is 1.60. The average molecular weight is 339 g/mol. The van der Waals surface area contributed by atoms with Crippen LogP contribution in [0.4, 0.5) is 0 Å². The molecule has 20 heavy (non-hydrogen) atoms. The minimum atomic E-state index is 0.0791. The number of halogens is 1. The Morgan fingerprint density at radius 3 is 2.60 bits per heavy atom. The van der Waals surface area contributed by atoms with Crippen molar-refractivity contribution in [2.24, 2.45) is 17.8 Å². The van der Waals surface area contributed by atoms with Crippen LogP contribution in [0.5, 0.6) is 0 Å². The van der Waals surface area contributed by atoms with Gasteiger partial charge in [0.15, 0.2) is 0 Å². The molecule has 0 spiro atoms. The van der Waals surface area contributed by atoms with Gasteiger partial charge in [0.25, 0.3) is 5.91 Å². The SMILES string of the molecule is CCCn1cc(Br)cc1C(=O)NCC(C1CC1)C1CC1. The van der Waals surface area contributed by atoms with Gasteiger partial charge in [-0.15, -0.1) is 0 Å². The second kappa shape index (κ2) is 5.92. The maximum absolute atomic E-state index is 12.4. The lowest BCUT2D eigenvalue weighted by Gasteiger charge is -2.16. The molecule has 110 valence electrons. The Morgan fingerprint density at radius 1 is 1.40 bits per heavy atom. The highest BCUT2D eigenvalue weighted by Gasteiger charge is 2.41. The summed E-state index contributed by atoms with van der Waals surface area (Å²) in [6, 6.07) is 1.92. The van der Waals surface area contributed by atoms with Crippen molar-refractivity contribution in [3.05, 3.63) is 22.4 Å². The van der Waals surface area contributed by atoms with Crippen molar-refractivity contribution in [2.75, 3.05) is 6.54 Å². The van der Waals surface area contributed by atoms with E-state index in [4.69, 9.17) is 0 Å². The van der Waals surface area contributed by atoms with E-state index in [1.807, 2.05) is 16.8 Å². The van der Waals surface area contributed by atoms with Gasteiger partial charge >= 0.3 is 0 Å². The van der Waals surface area contributed by atoms with Crippen LogP contribution in [0, 0.1) is 17.8 Å². The predicted octanol–water partition coefficient (Wildman–Crippen LogP) is 3.83. The van der Waals surface area contributed by atoms with Crippen molar-refractivity contribution in [1.82, 2.24) is 9.88 Å². The number of hydrogen-bond donors (Lipinski definition) is 1. The van der Waals surface area contributed by atoms with Crippen molar-refractivity contribution < 1.29 is 4.79 Å². The van der Waals surface area contributed by atoms with Gasteiger partial charge in [-0.25, -0.2) is 0 Å². The monoisotopic (exact) mass is 338 g/mol. The fourth-order valence-electron chi connectivity index (χ4n) is 3.16. The lowest BCUT2D eigenvalue weighted by molar-refractivity contribution is 0.0934. The first-order valence-electron chi connectivity index (χ1n) is 7.83. The summed E-state index contributed by atoms with van der Waals surface area (Å²) in [4.78, 5) is 12.4. The summed E-state index contributed by atoms with van der Waals surface area (Å²) < 4.78 is 3.03. The highest BCUT2D eigenvalue weighted by molar-refractivity contribution is 9.10. The average Bonchev–Trinajstić information content (AvgIpc) is 3.30. The van der Waals surface area contributed by atoms with E-state index in [1.165, 1.54) is 25.7 Å². The molecule has 0 radical (unpaired) electrons. The molecular weight excluding hydrogens is 316 g/mol. The first-order chi connectivity index (χ1) is 9.69. The Kier molecular flexibility index (Phi) is 4.20. The number of nitrogens with zero attached hydrogens (tertiary/aromatic N) is 1. The van der Waals surface area contributed by atoms with E-state index in [0.29, 0.717) is 0 Å². The second-order valence-corrected chi connectivity index (χ2v) is 7.20. The number of rotatable bonds is 7. The zero-order chi connectivity index (χ0) is 14.1. The van der Waals surface area contributed by atoms with E-state index >= 15 is 0 Å². The predicted molar refractivity (Wildman–Crippen MR) is 83.7 cm³/mol. The molecule has 3 nitrogen and oxygen atoms in total. The van der Waals surface area contributed by atoms with E-state index in [9.17, 15) is 4.79 Å². The standard InChI is InChI=1S/C16H23BrN2O/c1-2-7-19-10-13(17)8-15(19)16(20)18-9-14(11-3-4-11)12-5-6-12/h8,10-12,14H,2-7,9H2,1H3,(H,18,20). The summed E-state index contributed by atoms with van der Waals surface area (Å²) in [5.41, 5.74) is 0.782. The molecule has 3 rings (SSSR count). The van der Waals surface area contributed by atoms with Crippen LogP contribution in [0.25, 0.3) is 0 Å². The van der Waals surface area contributed by atoms with E-state index in [0.717, 1.165) is 47.4 Å². The topological polar surface area (TPSA) is 34.0 Å². The number of hydrogen-bond acceptors (Lipinski definition) is 1. The maximum atomic E-state index is 12.4. The molecule has 0 aromatic carbocycles. The van der Waals surface area contributed by atoms with Gasteiger partial charge in [-0.2, -0.15) is 0 Å². The molecule has 1 aromatic rings. The molecule has 1 heterocycles. The van der Waals surface area contributed by atoms with Gasteiger partial charge in [0.05, 0.1) is 0 Å². The Labute approximate surface area is 129 Å². The molecule has 2 saturated carbocycles. The lowest BCUT2D eigenvalue weighted by Crippen LogP contribution is -2.32. The number of carbonyl (C=O) groups excluding carboxylic acids is 1. The van der Waals surface area contributed by atoms with Crippen LogP contribution in [0.15, 0.2) is 16.7 Å². The summed E-state index contributed by atoms with van der Waals surface area (Å²) >= 11 is 3.47. The number of amides is 1. The summed E-state index contributed by atoms with van der Waals surface area (Å²) in [6.45, 7) is 3.89. The van der Waals surface area contributed by atoms with Crippen molar-refractivity contribution in [1.29, 1.82) is 0 Å². The fourth-order valence-corrected chi connectivity index (χ4v) is 3.62.